The summed E-state index contributed by atoms with van der Waals surface area (Å²) >= 11 is 0. The highest BCUT2D eigenvalue weighted by Gasteiger charge is 2.23. The number of fused-ring (bicyclic) bond motifs is 1. The van der Waals surface area contributed by atoms with Gasteiger partial charge in [-0.3, -0.25) is 14.5 Å². The van der Waals surface area contributed by atoms with Gasteiger partial charge in [-0.15, -0.1) is 0 Å². The maximum Gasteiger partial charge on any atom is 0.290 e. The SMILES string of the molecule is Cc1c(-c2cc(Nc3ccc(C4CCCN4C)cn3)c(=O)n(C)n2)cccc1-n1ncc2cc(C(C)(C)C)ccc2c1=O. The fraction of sp³-hybridized carbons (Fsp3) is 0.324. The molecule has 1 unspecified atom stereocenters. The zero-order chi connectivity index (χ0) is 30.5. The maximum atomic E-state index is 13.6. The van der Waals surface area contributed by atoms with Gasteiger partial charge in [-0.2, -0.15) is 14.9 Å². The van der Waals surface area contributed by atoms with Crippen molar-refractivity contribution in [3.8, 4) is 16.9 Å². The third kappa shape index (κ3) is 5.36. The predicted octanol–water partition coefficient (Wildman–Crippen LogP) is 5.66. The first-order valence-electron chi connectivity index (χ1n) is 14.7. The average Bonchev–Trinajstić information content (AvgIpc) is 3.41. The number of aryl methyl sites for hydroxylation is 1. The van der Waals surface area contributed by atoms with E-state index in [2.05, 4.69) is 59.3 Å². The first kappa shape index (κ1) is 28.5. The van der Waals surface area contributed by atoms with Gasteiger partial charge in [0, 0.05) is 30.2 Å². The van der Waals surface area contributed by atoms with Crippen LogP contribution in [0, 0.1) is 6.92 Å². The fourth-order valence-electron chi connectivity index (χ4n) is 5.89. The summed E-state index contributed by atoms with van der Waals surface area (Å²) in [4.78, 5) is 33.6. The minimum absolute atomic E-state index is 0.0313. The van der Waals surface area contributed by atoms with Gasteiger partial charge in [-0.25, -0.2) is 9.67 Å². The highest BCUT2D eigenvalue weighted by Crippen LogP contribution is 2.31. The van der Waals surface area contributed by atoms with Gasteiger partial charge in [0.2, 0.25) is 0 Å². The van der Waals surface area contributed by atoms with Crippen molar-refractivity contribution >= 4 is 22.3 Å². The Balaban J connectivity index is 1.35. The maximum absolute atomic E-state index is 13.6. The number of aromatic nitrogens is 5. The first-order valence-corrected chi connectivity index (χ1v) is 14.7. The Morgan fingerprint density at radius 1 is 0.953 bits per heavy atom. The lowest BCUT2D eigenvalue weighted by atomic mass is 9.86. The zero-order valence-corrected chi connectivity index (χ0v) is 25.5. The van der Waals surface area contributed by atoms with Crippen LogP contribution in [0.15, 0.2) is 76.6 Å². The van der Waals surface area contributed by atoms with Crippen LogP contribution < -0.4 is 16.4 Å². The third-order valence-corrected chi connectivity index (χ3v) is 8.48. The van der Waals surface area contributed by atoms with E-state index < -0.39 is 0 Å². The van der Waals surface area contributed by atoms with E-state index in [-0.39, 0.29) is 16.5 Å². The Labute approximate surface area is 250 Å². The molecule has 6 rings (SSSR count). The standard InChI is InChI=1S/C34H37N7O2/c1-21-25(9-7-10-29(21)41-32(42)26-14-13-24(34(2,3)4)17-23(26)20-36-41)27-18-28(33(43)40(6)38-27)37-31-15-12-22(19-35-31)30-11-8-16-39(30)5/h7,9-10,12-15,17-20,30H,8,11,16H2,1-6H3,(H,35,37). The van der Waals surface area contributed by atoms with Crippen molar-refractivity contribution in [2.75, 3.05) is 18.9 Å². The highest BCUT2D eigenvalue weighted by molar-refractivity contribution is 5.82. The predicted molar refractivity (Wildman–Crippen MR) is 171 cm³/mol. The average molecular weight is 576 g/mol. The summed E-state index contributed by atoms with van der Waals surface area (Å²) in [6.07, 6.45) is 5.93. The Kier molecular flexibility index (Phi) is 7.22. The zero-order valence-electron chi connectivity index (χ0n) is 25.5. The van der Waals surface area contributed by atoms with Crippen molar-refractivity contribution in [2.24, 2.45) is 7.05 Å². The summed E-state index contributed by atoms with van der Waals surface area (Å²) < 4.78 is 2.76. The lowest BCUT2D eigenvalue weighted by Gasteiger charge is -2.19. The Bertz CT molecular complexity index is 1950. The van der Waals surface area contributed by atoms with Gasteiger partial charge < -0.3 is 5.32 Å². The number of anilines is 2. The molecule has 43 heavy (non-hydrogen) atoms. The molecule has 1 fully saturated rings. The molecule has 9 nitrogen and oxygen atoms in total. The van der Waals surface area contributed by atoms with Crippen molar-refractivity contribution < 1.29 is 0 Å². The molecular weight excluding hydrogens is 538 g/mol. The smallest absolute Gasteiger partial charge is 0.290 e. The molecule has 0 amide bonds. The molecule has 1 saturated heterocycles. The third-order valence-electron chi connectivity index (χ3n) is 8.48. The van der Waals surface area contributed by atoms with Crippen LogP contribution in [0.1, 0.15) is 56.3 Å². The van der Waals surface area contributed by atoms with Crippen molar-refractivity contribution in [2.45, 2.75) is 52.0 Å². The Hall–Kier alpha value is -4.63. The van der Waals surface area contributed by atoms with Crippen LogP contribution in [0.2, 0.25) is 0 Å². The lowest BCUT2D eigenvalue weighted by Crippen LogP contribution is -2.24. The van der Waals surface area contributed by atoms with E-state index in [0.717, 1.165) is 35.0 Å². The van der Waals surface area contributed by atoms with Crippen LogP contribution in [0.5, 0.6) is 0 Å². The molecule has 0 radical (unpaired) electrons. The summed E-state index contributed by atoms with van der Waals surface area (Å²) in [6, 6.07) is 17.7. The molecule has 1 aliphatic rings. The number of likely N-dealkylation sites (tertiary alicyclic amines) is 1. The summed E-state index contributed by atoms with van der Waals surface area (Å²) in [7, 11) is 3.77. The monoisotopic (exact) mass is 575 g/mol. The number of nitrogens with one attached hydrogen (secondary N) is 1. The molecule has 4 heterocycles. The molecule has 1 atom stereocenters. The normalized spacial score (nSPS) is 15.7. The summed E-state index contributed by atoms with van der Waals surface area (Å²) in [5.74, 6) is 0.589. The lowest BCUT2D eigenvalue weighted by molar-refractivity contribution is 0.317. The molecule has 0 saturated carbocycles. The van der Waals surface area contributed by atoms with Crippen molar-refractivity contribution in [1.82, 2.24) is 29.4 Å². The molecule has 0 bridgehead atoms. The topological polar surface area (TPSA) is 97.9 Å². The van der Waals surface area contributed by atoms with E-state index in [1.54, 1.807) is 19.3 Å². The molecule has 220 valence electrons. The quantitative estimate of drug-likeness (QED) is 0.289. The number of rotatable bonds is 5. The Morgan fingerprint density at radius 3 is 2.47 bits per heavy atom. The van der Waals surface area contributed by atoms with Crippen molar-refractivity contribution in [3.05, 3.63) is 104 Å². The van der Waals surface area contributed by atoms with Gasteiger partial charge in [-0.1, -0.05) is 45.0 Å². The van der Waals surface area contributed by atoms with E-state index in [1.165, 1.54) is 21.3 Å². The van der Waals surface area contributed by atoms with Gasteiger partial charge in [0.25, 0.3) is 11.1 Å². The van der Waals surface area contributed by atoms with E-state index in [9.17, 15) is 9.59 Å². The molecule has 9 heteroatoms. The molecule has 2 aromatic carbocycles. The minimum Gasteiger partial charge on any atom is -0.336 e. The number of hydrogen-bond donors (Lipinski definition) is 1. The molecule has 0 aliphatic carbocycles. The molecule has 3 aromatic heterocycles. The second-order valence-electron chi connectivity index (χ2n) is 12.5. The number of hydrogen-bond acceptors (Lipinski definition) is 7. The molecule has 1 aliphatic heterocycles. The highest BCUT2D eigenvalue weighted by atomic mass is 16.1. The van der Waals surface area contributed by atoms with Gasteiger partial charge in [-0.05, 0) is 85.8 Å². The molecule has 0 spiro atoms. The summed E-state index contributed by atoms with van der Waals surface area (Å²) in [6.45, 7) is 9.47. The largest absolute Gasteiger partial charge is 0.336 e. The summed E-state index contributed by atoms with van der Waals surface area (Å²) in [5, 5.41) is 13.7. The van der Waals surface area contributed by atoms with Crippen LogP contribution in [0.25, 0.3) is 27.7 Å². The molecular formula is C34H37N7O2. The van der Waals surface area contributed by atoms with E-state index >= 15 is 0 Å². The van der Waals surface area contributed by atoms with Crippen LogP contribution in [0.3, 0.4) is 0 Å². The van der Waals surface area contributed by atoms with Crippen molar-refractivity contribution in [3.63, 3.8) is 0 Å². The van der Waals surface area contributed by atoms with Crippen LogP contribution in [-0.4, -0.2) is 43.0 Å². The van der Waals surface area contributed by atoms with Gasteiger partial charge in [0.05, 0.1) is 23.0 Å². The van der Waals surface area contributed by atoms with Crippen LogP contribution in [0.4, 0.5) is 11.5 Å². The molecule has 5 aromatic rings. The van der Waals surface area contributed by atoms with Crippen LogP contribution in [-0.2, 0) is 12.5 Å². The number of pyridine rings is 1. The van der Waals surface area contributed by atoms with Gasteiger partial charge in [0.15, 0.2) is 0 Å². The van der Waals surface area contributed by atoms with Gasteiger partial charge in [0.1, 0.15) is 11.5 Å². The summed E-state index contributed by atoms with van der Waals surface area (Å²) in [5.41, 5.74) is 5.07. The second kappa shape index (κ2) is 10.9. The van der Waals surface area contributed by atoms with Crippen LogP contribution >= 0.6 is 0 Å². The number of nitrogens with zero attached hydrogens (tertiary/aromatic N) is 6. The van der Waals surface area contributed by atoms with E-state index in [4.69, 9.17) is 0 Å². The second-order valence-corrected chi connectivity index (χ2v) is 12.5. The number of benzene rings is 2. The first-order chi connectivity index (χ1) is 20.5. The minimum atomic E-state index is -0.263. The van der Waals surface area contributed by atoms with E-state index in [1.807, 2.05) is 55.6 Å². The Morgan fingerprint density at radius 2 is 1.77 bits per heavy atom. The van der Waals surface area contributed by atoms with E-state index in [0.29, 0.717) is 34.3 Å². The molecule has 1 N–H and O–H groups in total. The van der Waals surface area contributed by atoms with Gasteiger partial charge >= 0.3 is 0 Å². The van der Waals surface area contributed by atoms with Crippen molar-refractivity contribution in [1.29, 1.82) is 0 Å². The fourth-order valence-corrected chi connectivity index (χ4v) is 5.89.